The average molecular weight is 404 g/mol. The number of halogens is 1. The first-order chi connectivity index (χ1) is 14.3. The third kappa shape index (κ3) is 3.71. The second kappa shape index (κ2) is 7.85. The fourth-order valence-electron chi connectivity index (χ4n) is 3.87. The molecule has 146 valence electrons. The van der Waals surface area contributed by atoms with Gasteiger partial charge in [-0.2, -0.15) is 5.10 Å². The van der Waals surface area contributed by atoms with Gasteiger partial charge in [0.1, 0.15) is 5.65 Å². The van der Waals surface area contributed by atoms with Crippen LogP contribution in [0.25, 0.3) is 34.3 Å². The first-order valence-corrected chi connectivity index (χ1v) is 10.3. The number of pyridine rings is 1. The van der Waals surface area contributed by atoms with Crippen LogP contribution in [0.15, 0.2) is 55.1 Å². The highest BCUT2D eigenvalue weighted by Crippen LogP contribution is 2.28. The van der Waals surface area contributed by atoms with E-state index in [1.54, 1.807) is 0 Å². The van der Waals surface area contributed by atoms with Crippen molar-refractivity contribution < 1.29 is 0 Å². The fourth-order valence-corrected chi connectivity index (χ4v) is 4.07. The maximum atomic E-state index is 6.27. The Kier molecular flexibility index (Phi) is 4.92. The molecular formula is C23H22ClN5. The van der Waals surface area contributed by atoms with E-state index in [0.717, 1.165) is 64.2 Å². The van der Waals surface area contributed by atoms with Gasteiger partial charge in [0, 0.05) is 45.7 Å². The van der Waals surface area contributed by atoms with Gasteiger partial charge in [0.25, 0.3) is 0 Å². The van der Waals surface area contributed by atoms with Crippen LogP contribution in [0.3, 0.4) is 0 Å². The van der Waals surface area contributed by atoms with Crippen LogP contribution in [0, 0.1) is 0 Å². The quantitative estimate of drug-likeness (QED) is 0.494. The minimum atomic E-state index is 0.475. The Morgan fingerprint density at radius 2 is 1.86 bits per heavy atom. The van der Waals surface area contributed by atoms with E-state index in [4.69, 9.17) is 11.6 Å². The van der Waals surface area contributed by atoms with Crippen molar-refractivity contribution >= 4 is 34.8 Å². The summed E-state index contributed by atoms with van der Waals surface area (Å²) >= 11 is 6.27. The third-order valence-electron chi connectivity index (χ3n) is 5.53. The summed E-state index contributed by atoms with van der Waals surface area (Å²) in [5.74, 6) is 0. The molecule has 1 fully saturated rings. The molecule has 29 heavy (non-hydrogen) atoms. The van der Waals surface area contributed by atoms with Crippen LogP contribution in [0.4, 0.5) is 0 Å². The van der Waals surface area contributed by atoms with Gasteiger partial charge in [-0.1, -0.05) is 42.0 Å². The van der Waals surface area contributed by atoms with E-state index >= 15 is 0 Å². The molecule has 0 atom stereocenters. The summed E-state index contributed by atoms with van der Waals surface area (Å²) in [6, 6.07) is 10.5. The number of hydrogen-bond donors (Lipinski definition) is 2. The summed E-state index contributed by atoms with van der Waals surface area (Å²) in [4.78, 5) is 7.86. The molecule has 5 nitrogen and oxygen atoms in total. The molecule has 4 aromatic rings. The zero-order valence-corrected chi connectivity index (χ0v) is 16.7. The molecule has 0 unspecified atom stereocenters. The summed E-state index contributed by atoms with van der Waals surface area (Å²) in [7, 11) is 0. The molecule has 3 aromatic heterocycles. The molecule has 1 aliphatic rings. The van der Waals surface area contributed by atoms with E-state index < -0.39 is 0 Å². The standard InChI is InChI=1S/C23H22ClN5/c24-22-4-2-1-3-16(22)5-6-17-12-26-23-21(17)11-18(13-27-23)19-14-28-29(15-19)20-7-9-25-10-8-20/h1-6,11-15,20,25H,7-10H2,(H,26,27)/b6-5-. The summed E-state index contributed by atoms with van der Waals surface area (Å²) in [5, 5.41) is 9.85. The summed E-state index contributed by atoms with van der Waals surface area (Å²) in [6.45, 7) is 2.11. The smallest absolute Gasteiger partial charge is 0.137 e. The number of nitrogens with zero attached hydrogens (tertiary/aromatic N) is 3. The minimum absolute atomic E-state index is 0.475. The van der Waals surface area contributed by atoms with Crippen molar-refractivity contribution in [1.29, 1.82) is 0 Å². The third-order valence-corrected chi connectivity index (χ3v) is 5.87. The van der Waals surface area contributed by atoms with Crippen LogP contribution < -0.4 is 5.32 Å². The molecule has 4 heterocycles. The molecule has 1 saturated heterocycles. The van der Waals surface area contributed by atoms with Gasteiger partial charge in [0.05, 0.1) is 12.2 Å². The molecule has 0 aliphatic carbocycles. The van der Waals surface area contributed by atoms with E-state index in [1.807, 2.05) is 48.9 Å². The van der Waals surface area contributed by atoms with Gasteiger partial charge >= 0.3 is 0 Å². The molecule has 0 amide bonds. The Bertz CT molecular complexity index is 1170. The normalized spacial score (nSPS) is 15.5. The molecule has 0 bridgehead atoms. The number of hydrogen-bond acceptors (Lipinski definition) is 3. The predicted molar refractivity (Wildman–Crippen MR) is 119 cm³/mol. The van der Waals surface area contributed by atoms with Crippen molar-refractivity contribution in [3.05, 3.63) is 71.3 Å². The van der Waals surface area contributed by atoms with Gasteiger partial charge in [-0.3, -0.25) is 4.68 Å². The summed E-state index contributed by atoms with van der Waals surface area (Å²) in [5.41, 5.74) is 5.12. The van der Waals surface area contributed by atoms with E-state index in [-0.39, 0.29) is 0 Å². The Morgan fingerprint density at radius 1 is 1.03 bits per heavy atom. The molecule has 1 aliphatic heterocycles. The molecule has 5 rings (SSSR count). The minimum Gasteiger partial charge on any atom is -0.346 e. The maximum Gasteiger partial charge on any atom is 0.137 e. The van der Waals surface area contributed by atoms with E-state index in [1.165, 1.54) is 0 Å². The highest BCUT2D eigenvalue weighted by atomic mass is 35.5. The lowest BCUT2D eigenvalue weighted by atomic mass is 10.1. The molecular weight excluding hydrogens is 382 g/mol. The lowest BCUT2D eigenvalue weighted by Gasteiger charge is -2.22. The van der Waals surface area contributed by atoms with Crippen LogP contribution in [0.2, 0.25) is 5.02 Å². The number of benzene rings is 1. The van der Waals surface area contributed by atoms with E-state index in [9.17, 15) is 0 Å². The van der Waals surface area contributed by atoms with Gasteiger partial charge in [-0.25, -0.2) is 4.98 Å². The largest absolute Gasteiger partial charge is 0.346 e. The monoisotopic (exact) mass is 403 g/mol. The average Bonchev–Trinajstić information content (AvgIpc) is 3.41. The zero-order chi connectivity index (χ0) is 19.6. The maximum absolute atomic E-state index is 6.27. The highest BCUT2D eigenvalue weighted by Gasteiger charge is 2.16. The summed E-state index contributed by atoms with van der Waals surface area (Å²) in [6.07, 6.45) is 14.3. The first-order valence-electron chi connectivity index (χ1n) is 9.93. The van der Waals surface area contributed by atoms with Crippen molar-refractivity contribution in [2.75, 3.05) is 13.1 Å². The van der Waals surface area contributed by atoms with Crippen molar-refractivity contribution in [3.8, 4) is 11.1 Å². The lowest BCUT2D eigenvalue weighted by molar-refractivity contribution is 0.343. The topological polar surface area (TPSA) is 58.5 Å². The fraction of sp³-hybridized carbons (Fsp3) is 0.217. The molecule has 6 heteroatoms. The Morgan fingerprint density at radius 3 is 2.72 bits per heavy atom. The molecule has 0 radical (unpaired) electrons. The molecule has 1 aromatic carbocycles. The Balaban J connectivity index is 1.45. The SMILES string of the molecule is Clc1ccccc1/C=C\c1c[nH]c2ncc(-c3cnn(C4CCNCC4)c3)cc12. The number of piperidine rings is 1. The van der Waals surface area contributed by atoms with Crippen LogP contribution in [0.5, 0.6) is 0 Å². The lowest BCUT2D eigenvalue weighted by Crippen LogP contribution is -2.29. The van der Waals surface area contributed by atoms with Gasteiger partial charge in [0.15, 0.2) is 0 Å². The van der Waals surface area contributed by atoms with Crippen LogP contribution >= 0.6 is 11.6 Å². The van der Waals surface area contributed by atoms with Crippen LogP contribution in [-0.2, 0) is 0 Å². The molecule has 0 saturated carbocycles. The zero-order valence-electron chi connectivity index (χ0n) is 16.0. The van der Waals surface area contributed by atoms with Gasteiger partial charge in [0.2, 0.25) is 0 Å². The van der Waals surface area contributed by atoms with Crippen molar-refractivity contribution in [1.82, 2.24) is 25.1 Å². The number of nitrogens with one attached hydrogen (secondary N) is 2. The molecule has 0 spiro atoms. The van der Waals surface area contributed by atoms with Crippen molar-refractivity contribution in [3.63, 3.8) is 0 Å². The number of aromatic nitrogens is 4. The van der Waals surface area contributed by atoms with E-state index in [0.29, 0.717) is 6.04 Å². The van der Waals surface area contributed by atoms with Crippen LogP contribution in [-0.4, -0.2) is 32.8 Å². The van der Waals surface area contributed by atoms with Gasteiger partial charge in [-0.05, 0) is 43.6 Å². The molecule has 2 N–H and O–H groups in total. The predicted octanol–water partition coefficient (Wildman–Crippen LogP) is 5.17. The number of H-pyrrole nitrogens is 1. The highest BCUT2D eigenvalue weighted by molar-refractivity contribution is 6.32. The second-order valence-corrected chi connectivity index (χ2v) is 7.82. The van der Waals surface area contributed by atoms with Gasteiger partial charge < -0.3 is 10.3 Å². The van der Waals surface area contributed by atoms with E-state index in [2.05, 4.69) is 43.4 Å². The second-order valence-electron chi connectivity index (χ2n) is 7.41. The number of aromatic amines is 1. The van der Waals surface area contributed by atoms with Gasteiger partial charge in [-0.15, -0.1) is 0 Å². The Labute approximate surface area is 174 Å². The van der Waals surface area contributed by atoms with Crippen LogP contribution in [0.1, 0.15) is 30.0 Å². The van der Waals surface area contributed by atoms with Crippen molar-refractivity contribution in [2.45, 2.75) is 18.9 Å². The van der Waals surface area contributed by atoms with Crippen molar-refractivity contribution in [2.24, 2.45) is 0 Å². The summed E-state index contributed by atoms with van der Waals surface area (Å²) < 4.78 is 2.11. The number of fused-ring (bicyclic) bond motifs is 1. The first kappa shape index (κ1) is 18.2. The number of rotatable bonds is 4. The Hall–Kier alpha value is -2.89.